The third-order valence-electron chi connectivity index (χ3n) is 5.46. The fourth-order valence-electron chi connectivity index (χ4n) is 3.65. The molecule has 1 aliphatic heterocycles. The summed E-state index contributed by atoms with van der Waals surface area (Å²) in [4.78, 5) is 16.1. The summed E-state index contributed by atoms with van der Waals surface area (Å²) in [7, 11) is 1.80. The van der Waals surface area contributed by atoms with Crippen LogP contribution in [0.2, 0.25) is 0 Å². The molecular formula is C22H28F4N8O2. The molecule has 0 spiro atoms. The molecule has 0 radical (unpaired) electrons. The molecule has 0 aliphatic carbocycles. The highest BCUT2D eigenvalue weighted by molar-refractivity contribution is 5.53. The summed E-state index contributed by atoms with van der Waals surface area (Å²) in [5, 5.41) is 27.6. The molecule has 1 atom stereocenters. The summed E-state index contributed by atoms with van der Waals surface area (Å²) in [5.41, 5.74) is -0.0553. The number of halogens is 4. The molecule has 0 saturated carbocycles. The van der Waals surface area contributed by atoms with Crippen molar-refractivity contribution in [1.82, 2.24) is 40.6 Å². The second-order valence-electron chi connectivity index (χ2n) is 8.23. The Balaban J connectivity index is 1.57. The lowest BCUT2D eigenvalue weighted by Crippen LogP contribution is -2.36. The summed E-state index contributed by atoms with van der Waals surface area (Å²) in [5.74, 6) is -0.686. The SMILES string of the molecule is C=C(C1=C(N(C=O)CCC)NC(O)N1)N(C)CCCn1nnc(Cc2ccc(F)c(C(F)(F)F)c2)n1. The molecule has 14 heteroatoms. The van der Waals surface area contributed by atoms with Crippen LogP contribution in [0.5, 0.6) is 0 Å². The smallest absolute Gasteiger partial charge is 0.373 e. The van der Waals surface area contributed by atoms with E-state index in [1.807, 2.05) is 11.8 Å². The molecule has 1 aliphatic rings. The molecule has 0 bridgehead atoms. The van der Waals surface area contributed by atoms with Crippen LogP contribution in [0.1, 0.15) is 36.7 Å². The van der Waals surface area contributed by atoms with Crippen LogP contribution >= 0.6 is 0 Å². The zero-order chi connectivity index (χ0) is 26.5. The van der Waals surface area contributed by atoms with Crippen molar-refractivity contribution in [1.29, 1.82) is 0 Å². The van der Waals surface area contributed by atoms with Gasteiger partial charge >= 0.3 is 6.18 Å². The number of tetrazole rings is 1. The average Bonchev–Trinajstić information content (AvgIpc) is 3.43. The predicted molar refractivity (Wildman–Crippen MR) is 121 cm³/mol. The maximum atomic E-state index is 13.5. The van der Waals surface area contributed by atoms with Gasteiger partial charge < -0.3 is 20.6 Å². The van der Waals surface area contributed by atoms with Gasteiger partial charge in [0.1, 0.15) is 17.3 Å². The largest absolute Gasteiger partial charge is 0.419 e. The number of benzene rings is 1. The molecule has 36 heavy (non-hydrogen) atoms. The van der Waals surface area contributed by atoms with Crippen molar-refractivity contribution in [2.45, 2.75) is 45.3 Å². The number of aliphatic hydroxyl groups excluding tert-OH is 1. The normalized spacial score (nSPS) is 15.5. The number of hydrogen-bond donors (Lipinski definition) is 3. The van der Waals surface area contributed by atoms with E-state index in [9.17, 15) is 27.5 Å². The number of nitrogens with zero attached hydrogens (tertiary/aromatic N) is 6. The van der Waals surface area contributed by atoms with Crippen molar-refractivity contribution in [2.24, 2.45) is 0 Å². The second kappa shape index (κ2) is 11.4. The molecule has 3 rings (SSSR count). The molecule has 3 N–H and O–H groups in total. The monoisotopic (exact) mass is 512 g/mol. The van der Waals surface area contributed by atoms with E-state index in [1.54, 1.807) is 7.05 Å². The third kappa shape index (κ3) is 6.50. The molecule has 10 nitrogen and oxygen atoms in total. The van der Waals surface area contributed by atoms with Crippen molar-refractivity contribution in [3.8, 4) is 0 Å². The lowest BCUT2D eigenvalue weighted by Gasteiger charge is -2.25. The lowest BCUT2D eigenvalue weighted by atomic mass is 10.1. The van der Waals surface area contributed by atoms with Crippen molar-refractivity contribution in [3.05, 3.63) is 64.8 Å². The Morgan fingerprint density at radius 3 is 2.72 bits per heavy atom. The molecule has 0 fully saturated rings. The standard InChI is InChI=1S/C22H28F4N8O2/c1-4-8-33(13-35)20-19(27-21(36)28-20)14(2)32(3)9-5-10-34-30-18(29-31-34)12-15-6-7-17(23)16(11-15)22(24,25)26/h6-7,11,13,21,27-28,36H,2,4-5,8-10,12H2,1,3H3. The number of likely N-dealkylation sites (N-methyl/N-ethyl adjacent to an activating group) is 1. The van der Waals surface area contributed by atoms with Crippen LogP contribution < -0.4 is 10.6 Å². The fraction of sp³-hybridized carbons (Fsp3) is 0.455. The third-order valence-corrected chi connectivity index (χ3v) is 5.46. The Bertz CT molecular complexity index is 1120. The number of aryl methyl sites for hydroxylation is 1. The summed E-state index contributed by atoms with van der Waals surface area (Å²) in [6, 6.07) is 2.77. The summed E-state index contributed by atoms with van der Waals surface area (Å²) in [6.07, 6.45) is -3.88. The Morgan fingerprint density at radius 1 is 1.31 bits per heavy atom. The first-order valence-corrected chi connectivity index (χ1v) is 11.2. The zero-order valence-electron chi connectivity index (χ0n) is 19.9. The summed E-state index contributed by atoms with van der Waals surface area (Å²) < 4.78 is 52.3. The molecular weight excluding hydrogens is 484 g/mol. The van der Waals surface area contributed by atoms with Crippen LogP contribution in [0.25, 0.3) is 0 Å². The lowest BCUT2D eigenvalue weighted by molar-refractivity contribution is -0.140. The van der Waals surface area contributed by atoms with Crippen LogP contribution in [0.3, 0.4) is 0 Å². The van der Waals surface area contributed by atoms with E-state index in [0.29, 0.717) is 49.7 Å². The molecule has 2 heterocycles. The van der Waals surface area contributed by atoms with Crippen LogP contribution in [-0.4, -0.2) is 68.0 Å². The highest BCUT2D eigenvalue weighted by Gasteiger charge is 2.34. The minimum Gasteiger partial charge on any atom is -0.373 e. The average molecular weight is 513 g/mol. The van der Waals surface area contributed by atoms with E-state index in [2.05, 4.69) is 32.6 Å². The van der Waals surface area contributed by atoms with Crippen molar-refractivity contribution in [2.75, 3.05) is 20.1 Å². The van der Waals surface area contributed by atoms with Gasteiger partial charge in [-0.25, -0.2) is 4.39 Å². The van der Waals surface area contributed by atoms with Crippen LogP contribution in [-0.2, 0) is 23.9 Å². The van der Waals surface area contributed by atoms with Gasteiger partial charge in [-0.1, -0.05) is 19.6 Å². The van der Waals surface area contributed by atoms with Crippen molar-refractivity contribution in [3.63, 3.8) is 0 Å². The first-order chi connectivity index (χ1) is 17.0. The number of alkyl halides is 3. The predicted octanol–water partition coefficient (Wildman–Crippen LogP) is 1.76. The Morgan fingerprint density at radius 2 is 2.06 bits per heavy atom. The highest BCUT2D eigenvalue weighted by Crippen LogP contribution is 2.32. The zero-order valence-corrected chi connectivity index (χ0v) is 19.9. The fourth-order valence-corrected chi connectivity index (χ4v) is 3.65. The van der Waals surface area contributed by atoms with Crippen LogP contribution in [0.15, 0.2) is 42.0 Å². The number of hydrogen-bond acceptors (Lipinski definition) is 8. The Hall–Kier alpha value is -3.68. The van der Waals surface area contributed by atoms with E-state index in [-0.39, 0.29) is 17.8 Å². The van der Waals surface area contributed by atoms with E-state index >= 15 is 0 Å². The minimum atomic E-state index is -4.79. The number of amides is 1. The number of rotatable bonds is 12. The van der Waals surface area contributed by atoms with Gasteiger partial charge in [-0.05, 0) is 35.8 Å². The topological polar surface area (TPSA) is 111 Å². The van der Waals surface area contributed by atoms with Gasteiger partial charge in [-0.15, -0.1) is 10.2 Å². The van der Waals surface area contributed by atoms with E-state index in [1.165, 1.54) is 15.8 Å². The maximum Gasteiger partial charge on any atom is 0.419 e. The van der Waals surface area contributed by atoms with Crippen LogP contribution in [0.4, 0.5) is 17.6 Å². The van der Waals surface area contributed by atoms with Crippen LogP contribution in [0, 0.1) is 5.82 Å². The van der Waals surface area contributed by atoms with Gasteiger partial charge in [0.2, 0.25) is 12.8 Å². The molecule has 1 amide bonds. The molecule has 196 valence electrons. The van der Waals surface area contributed by atoms with Gasteiger partial charge in [0.15, 0.2) is 5.82 Å². The quantitative estimate of drug-likeness (QED) is 0.292. The highest BCUT2D eigenvalue weighted by atomic mass is 19.4. The molecule has 0 saturated heterocycles. The molecule has 1 unspecified atom stereocenters. The molecule has 1 aromatic carbocycles. The van der Waals surface area contributed by atoms with Gasteiger partial charge in [-0.3, -0.25) is 9.69 Å². The van der Waals surface area contributed by atoms with Crippen molar-refractivity contribution < 1.29 is 27.5 Å². The van der Waals surface area contributed by atoms with E-state index in [0.717, 1.165) is 18.6 Å². The minimum absolute atomic E-state index is 0.0248. The second-order valence-corrected chi connectivity index (χ2v) is 8.23. The van der Waals surface area contributed by atoms with Gasteiger partial charge in [0, 0.05) is 26.6 Å². The number of nitrogens with one attached hydrogen (secondary N) is 2. The maximum absolute atomic E-state index is 13.5. The number of carbonyl (C=O) groups is 1. The number of aromatic nitrogens is 4. The Labute approximate surface area is 205 Å². The Kier molecular flexibility index (Phi) is 8.50. The molecule has 2 aromatic rings. The number of aliphatic hydroxyl groups is 1. The van der Waals surface area contributed by atoms with E-state index in [4.69, 9.17) is 0 Å². The summed E-state index contributed by atoms with van der Waals surface area (Å²) in [6.45, 7) is 7.35. The first kappa shape index (κ1) is 26.9. The summed E-state index contributed by atoms with van der Waals surface area (Å²) >= 11 is 0. The number of carbonyl (C=O) groups excluding carboxylic acids is 1. The van der Waals surface area contributed by atoms with Crippen molar-refractivity contribution >= 4 is 6.41 Å². The van der Waals surface area contributed by atoms with Gasteiger partial charge in [-0.2, -0.15) is 18.0 Å². The van der Waals surface area contributed by atoms with Gasteiger partial charge in [0.25, 0.3) is 0 Å². The van der Waals surface area contributed by atoms with E-state index < -0.39 is 23.9 Å². The first-order valence-electron chi connectivity index (χ1n) is 11.2. The molecule has 1 aromatic heterocycles. The van der Waals surface area contributed by atoms with Gasteiger partial charge in [0.05, 0.1) is 17.8 Å².